The average Bonchev–Trinajstić information content (AvgIpc) is 2.64. The van der Waals surface area contributed by atoms with Crippen LogP contribution in [0.4, 0.5) is 4.79 Å². The van der Waals surface area contributed by atoms with E-state index in [1.165, 1.54) is 12.8 Å². The largest absolute Gasteiger partial charge is 0.445 e. The third-order valence-electron chi connectivity index (χ3n) is 3.44. The molecule has 0 unspecified atom stereocenters. The number of aliphatic hydroxyl groups excluding tert-OH is 1. The van der Waals surface area contributed by atoms with Crippen molar-refractivity contribution in [1.82, 2.24) is 10.6 Å². The average molecular weight is 367 g/mol. The molecule has 0 fully saturated rings. The van der Waals surface area contributed by atoms with Crippen LogP contribution in [0.5, 0.6) is 0 Å². The standard InChI is InChI=1S/C16H24N2O4.C4H10/c1-12(2)10-14(15(20)17-8-9-19)18-16(21)22-11-13-6-4-3-5-7-13;1-3-4-2/h3-7,12,14,19H,8-11H2,1-2H3,(H,17,20)(H,18,21);3-4H2,1-2H3/t14-;/m0./s1. The summed E-state index contributed by atoms with van der Waals surface area (Å²) >= 11 is 0. The molecule has 1 rings (SSSR count). The molecule has 26 heavy (non-hydrogen) atoms. The van der Waals surface area contributed by atoms with Gasteiger partial charge in [-0.1, -0.05) is 70.9 Å². The fourth-order valence-corrected chi connectivity index (χ4v) is 1.91. The molecule has 1 atom stereocenters. The van der Waals surface area contributed by atoms with E-state index < -0.39 is 12.1 Å². The zero-order valence-electron chi connectivity index (χ0n) is 16.5. The van der Waals surface area contributed by atoms with Gasteiger partial charge in [0.1, 0.15) is 12.6 Å². The molecule has 0 spiro atoms. The van der Waals surface area contributed by atoms with Gasteiger partial charge in [0.15, 0.2) is 0 Å². The van der Waals surface area contributed by atoms with Crippen LogP contribution in [0.25, 0.3) is 0 Å². The smallest absolute Gasteiger partial charge is 0.408 e. The highest BCUT2D eigenvalue weighted by Gasteiger charge is 2.22. The molecule has 0 radical (unpaired) electrons. The van der Waals surface area contributed by atoms with Crippen molar-refractivity contribution in [3.05, 3.63) is 35.9 Å². The van der Waals surface area contributed by atoms with Crippen molar-refractivity contribution in [2.75, 3.05) is 13.2 Å². The number of rotatable bonds is 9. The van der Waals surface area contributed by atoms with Gasteiger partial charge in [-0.3, -0.25) is 4.79 Å². The van der Waals surface area contributed by atoms with E-state index in [1.807, 2.05) is 44.2 Å². The first kappa shape index (κ1) is 23.9. The SMILES string of the molecule is CC(C)C[C@H](NC(=O)OCc1ccccc1)C(=O)NCCO.CCCC. The van der Waals surface area contributed by atoms with Crippen LogP contribution in [0, 0.1) is 5.92 Å². The summed E-state index contributed by atoms with van der Waals surface area (Å²) in [6, 6.07) is 8.64. The Hall–Kier alpha value is -2.08. The highest BCUT2D eigenvalue weighted by Crippen LogP contribution is 2.06. The summed E-state index contributed by atoms with van der Waals surface area (Å²) in [5, 5.41) is 13.9. The van der Waals surface area contributed by atoms with Crippen LogP contribution in [-0.4, -0.2) is 36.3 Å². The van der Waals surface area contributed by atoms with Crippen molar-refractivity contribution >= 4 is 12.0 Å². The molecule has 3 N–H and O–H groups in total. The molecule has 0 aromatic heterocycles. The zero-order chi connectivity index (χ0) is 19.8. The second-order valence-electron chi connectivity index (χ2n) is 6.40. The topological polar surface area (TPSA) is 87.7 Å². The van der Waals surface area contributed by atoms with Crippen LogP contribution in [0.15, 0.2) is 30.3 Å². The number of nitrogens with one attached hydrogen (secondary N) is 2. The van der Waals surface area contributed by atoms with Gasteiger partial charge in [-0.15, -0.1) is 0 Å². The maximum absolute atomic E-state index is 12.0. The molecule has 1 aromatic rings. The number of amides is 2. The fraction of sp³-hybridized carbons (Fsp3) is 0.600. The number of carbonyl (C=O) groups excluding carboxylic acids is 2. The van der Waals surface area contributed by atoms with Crippen LogP contribution in [-0.2, 0) is 16.1 Å². The Morgan fingerprint density at radius 1 is 1.12 bits per heavy atom. The first-order chi connectivity index (χ1) is 12.4. The Balaban J connectivity index is 0.00000141. The number of unbranched alkanes of at least 4 members (excludes halogenated alkanes) is 1. The molecule has 1 aromatic carbocycles. The van der Waals surface area contributed by atoms with E-state index in [-0.39, 0.29) is 31.6 Å². The molecule has 0 saturated carbocycles. The number of alkyl carbamates (subject to hydrolysis) is 1. The van der Waals surface area contributed by atoms with Gasteiger partial charge in [0.05, 0.1) is 6.61 Å². The van der Waals surface area contributed by atoms with Crippen LogP contribution >= 0.6 is 0 Å². The Labute approximate surface area is 157 Å². The molecule has 0 aliphatic rings. The molecule has 6 heteroatoms. The minimum Gasteiger partial charge on any atom is -0.445 e. The molecule has 0 saturated heterocycles. The minimum atomic E-state index is -0.671. The number of carbonyl (C=O) groups is 2. The predicted octanol–water partition coefficient (Wildman–Crippen LogP) is 3.24. The van der Waals surface area contributed by atoms with Gasteiger partial charge in [-0.25, -0.2) is 4.79 Å². The molecule has 0 aliphatic carbocycles. The summed E-state index contributed by atoms with van der Waals surface area (Å²) in [4.78, 5) is 23.8. The summed E-state index contributed by atoms with van der Waals surface area (Å²) in [5.41, 5.74) is 0.878. The van der Waals surface area contributed by atoms with E-state index >= 15 is 0 Å². The van der Waals surface area contributed by atoms with Crippen molar-refractivity contribution in [3.8, 4) is 0 Å². The van der Waals surface area contributed by atoms with Gasteiger partial charge in [-0.2, -0.15) is 0 Å². The Bertz CT molecular complexity index is 490. The molecule has 0 aliphatic heterocycles. The number of aliphatic hydroxyl groups is 1. The maximum Gasteiger partial charge on any atom is 0.408 e. The lowest BCUT2D eigenvalue weighted by atomic mass is 10.0. The van der Waals surface area contributed by atoms with Crippen molar-refractivity contribution in [3.63, 3.8) is 0 Å². The lowest BCUT2D eigenvalue weighted by Gasteiger charge is -2.19. The second-order valence-corrected chi connectivity index (χ2v) is 6.40. The van der Waals surface area contributed by atoms with Gasteiger partial charge < -0.3 is 20.5 Å². The van der Waals surface area contributed by atoms with Crippen molar-refractivity contribution in [1.29, 1.82) is 0 Å². The highest BCUT2D eigenvalue weighted by atomic mass is 16.5. The predicted molar refractivity (Wildman–Crippen MR) is 104 cm³/mol. The number of hydrogen-bond donors (Lipinski definition) is 3. The van der Waals surface area contributed by atoms with Crippen LogP contribution in [0.1, 0.15) is 52.5 Å². The number of benzene rings is 1. The number of hydrogen-bond acceptors (Lipinski definition) is 4. The number of ether oxygens (including phenoxy) is 1. The quantitative estimate of drug-likeness (QED) is 0.626. The summed E-state index contributed by atoms with van der Waals surface area (Å²) in [6.07, 6.45) is 2.51. The fourth-order valence-electron chi connectivity index (χ4n) is 1.91. The Morgan fingerprint density at radius 2 is 1.73 bits per heavy atom. The Kier molecular flexibility index (Phi) is 14.0. The van der Waals surface area contributed by atoms with Gasteiger partial charge in [0.25, 0.3) is 0 Å². The van der Waals surface area contributed by atoms with Gasteiger partial charge in [0, 0.05) is 6.54 Å². The maximum atomic E-state index is 12.0. The minimum absolute atomic E-state index is 0.140. The van der Waals surface area contributed by atoms with Gasteiger partial charge in [-0.05, 0) is 17.9 Å². The van der Waals surface area contributed by atoms with E-state index in [0.717, 1.165) is 5.56 Å². The van der Waals surface area contributed by atoms with Gasteiger partial charge >= 0.3 is 6.09 Å². The van der Waals surface area contributed by atoms with Gasteiger partial charge in [0.2, 0.25) is 5.91 Å². The van der Waals surface area contributed by atoms with Crippen molar-refractivity contribution in [2.24, 2.45) is 5.92 Å². The lowest BCUT2D eigenvalue weighted by molar-refractivity contribution is -0.123. The van der Waals surface area contributed by atoms with E-state index in [2.05, 4.69) is 24.5 Å². The molecule has 148 valence electrons. The van der Waals surface area contributed by atoms with Crippen LogP contribution in [0.3, 0.4) is 0 Å². The van der Waals surface area contributed by atoms with E-state index in [1.54, 1.807) is 0 Å². The first-order valence-electron chi connectivity index (χ1n) is 9.30. The molecular formula is C20H34N2O4. The summed E-state index contributed by atoms with van der Waals surface area (Å²) in [5.74, 6) is -0.0845. The lowest BCUT2D eigenvalue weighted by Crippen LogP contribution is -2.48. The molecule has 2 amide bonds. The van der Waals surface area contributed by atoms with Crippen molar-refractivity contribution < 1.29 is 19.4 Å². The monoisotopic (exact) mass is 366 g/mol. The molecular weight excluding hydrogens is 332 g/mol. The second kappa shape index (κ2) is 15.2. The third kappa shape index (κ3) is 12.3. The third-order valence-corrected chi connectivity index (χ3v) is 3.44. The normalized spacial score (nSPS) is 11.2. The van der Waals surface area contributed by atoms with Crippen molar-refractivity contribution in [2.45, 2.75) is 59.6 Å². The molecule has 6 nitrogen and oxygen atoms in total. The molecule has 0 heterocycles. The Morgan fingerprint density at radius 3 is 2.23 bits per heavy atom. The zero-order valence-corrected chi connectivity index (χ0v) is 16.5. The van der Waals surface area contributed by atoms with Crippen LogP contribution < -0.4 is 10.6 Å². The van der Waals surface area contributed by atoms with E-state index in [0.29, 0.717) is 6.42 Å². The summed E-state index contributed by atoms with van der Waals surface area (Å²) < 4.78 is 5.12. The highest BCUT2D eigenvalue weighted by molar-refractivity contribution is 5.85. The first-order valence-corrected chi connectivity index (χ1v) is 9.30. The van der Waals surface area contributed by atoms with E-state index in [9.17, 15) is 9.59 Å². The van der Waals surface area contributed by atoms with Crippen LogP contribution in [0.2, 0.25) is 0 Å². The molecule has 0 bridgehead atoms. The van der Waals surface area contributed by atoms with E-state index in [4.69, 9.17) is 9.84 Å². The summed E-state index contributed by atoms with van der Waals surface area (Å²) in [6.45, 7) is 8.46. The summed E-state index contributed by atoms with van der Waals surface area (Å²) in [7, 11) is 0.